The van der Waals surface area contributed by atoms with Gasteiger partial charge in [0.1, 0.15) is 0 Å². The number of nitrogens with two attached hydrogens (primary N) is 2. The van der Waals surface area contributed by atoms with Crippen LogP contribution in [0.5, 0.6) is 0 Å². The third-order valence-electron chi connectivity index (χ3n) is 8.22. The fourth-order valence-corrected chi connectivity index (χ4v) is 5.65. The molecule has 2 aliphatic carbocycles. The highest BCUT2D eigenvalue weighted by Crippen LogP contribution is 2.29. The summed E-state index contributed by atoms with van der Waals surface area (Å²) in [5.74, 6) is -0.991. The summed E-state index contributed by atoms with van der Waals surface area (Å²) in [5.41, 5.74) is 16.9. The number of hydrogen-bond acceptors (Lipinski definition) is 7. The highest BCUT2D eigenvalue weighted by atomic mass is 16.5. The van der Waals surface area contributed by atoms with Gasteiger partial charge in [-0.25, -0.2) is 9.69 Å². The van der Waals surface area contributed by atoms with E-state index in [1.54, 1.807) is 12.1 Å². The summed E-state index contributed by atoms with van der Waals surface area (Å²) >= 11 is 0. The molecule has 0 atom stereocenters. The van der Waals surface area contributed by atoms with Crippen molar-refractivity contribution in [2.75, 3.05) is 17.2 Å². The Bertz CT molecular complexity index is 1320. The number of nitrogens with one attached hydrogen (secondary N) is 2. The van der Waals surface area contributed by atoms with Gasteiger partial charge in [0.2, 0.25) is 0 Å². The molecule has 4 rings (SSSR count). The maximum Gasteiger partial charge on any atom is 0.306 e. The van der Waals surface area contributed by atoms with Gasteiger partial charge in [-0.15, -0.1) is 0 Å². The second-order valence-corrected chi connectivity index (χ2v) is 11.6. The summed E-state index contributed by atoms with van der Waals surface area (Å²) in [7, 11) is 0. The Hall–Kier alpha value is -4.12. The minimum absolute atomic E-state index is 0. The zero-order chi connectivity index (χ0) is 31.9. The van der Waals surface area contributed by atoms with Gasteiger partial charge in [0.25, 0.3) is 0 Å². The number of aliphatic carboxylic acids is 1. The topological polar surface area (TPSA) is 148 Å². The molecule has 10 nitrogen and oxygen atoms in total. The van der Waals surface area contributed by atoms with E-state index in [1.807, 2.05) is 31.2 Å². The number of anilines is 2. The Morgan fingerprint density at radius 3 is 1.60 bits per heavy atom. The van der Waals surface area contributed by atoms with Crippen molar-refractivity contribution in [3.8, 4) is 0 Å². The number of hydrogen-bond donors (Lipinski definition) is 5. The van der Waals surface area contributed by atoms with E-state index in [0.29, 0.717) is 61.4 Å². The van der Waals surface area contributed by atoms with Crippen molar-refractivity contribution in [1.29, 1.82) is 0 Å². The number of esters is 1. The molecule has 0 saturated heterocycles. The molecule has 2 aliphatic rings. The van der Waals surface area contributed by atoms with Crippen molar-refractivity contribution >= 4 is 34.7 Å². The smallest absolute Gasteiger partial charge is 0.306 e. The monoisotopic (exact) mass is 618 g/mol. The molecule has 2 aromatic carbocycles. The molecule has 0 unspecified atom stereocenters. The first kappa shape index (κ1) is 37.1. The van der Waals surface area contributed by atoms with Crippen LogP contribution in [0.15, 0.2) is 36.4 Å². The van der Waals surface area contributed by atoms with E-state index in [0.717, 1.165) is 73.9 Å². The average molecular weight is 619 g/mol. The Morgan fingerprint density at radius 1 is 0.800 bits per heavy atom. The SMILES string of the molecule is C.[C-]#[N+]c1ccc(CCC(=O)O)c(NC2CCC(N)CC2)c1.[C-]#[N+]c1ccc(CCC(=O)OCC)c(NC2CCC(N)CC2)c1. The summed E-state index contributed by atoms with van der Waals surface area (Å²) in [6, 6.07) is 12.4. The number of carboxylic acid groups (broad SMARTS) is 1. The number of carboxylic acids is 1. The van der Waals surface area contributed by atoms with Crippen LogP contribution in [-0.2, 0) is 27.2 Å². The van der Waals surface area contributed by atoms with Gasteiger partial charge in [-0.1, -0.05) is 31.7 Å². The third-order valence-corrected chi connectivity index (χ3v) is 8.22. The lowest BCUT2D eigenvalue weighted by Gasteiger charge is -2.28. The molecule has 7 N–H and O–H groups in total. The number of benzene rings is 2. The van der Waals surface area contributed by atoms with E-state index in [1.165, 1.54) is 0 Å². The van der Waals surface area contributed by atoms with Gasteiger partial charge in [-0.05, 0) is 94.4 Å². The fraction of sp³-hybridized carbons (Fsp3) is 0.543. The number of carbonyl (C=O) groups excluding carboxylic acids is 1. The van der Waals surface area contributed by atoms with Crippen LogP contribution in [-0.4, -0.2) is 47.8 Å². The average Bonchev–Trinajstić information content (AvgIpc) is 3.02. The van der Waals surface area contributed by atoms with Crippen molar-refractivity contribution in [1.82, 2.24) is 0 Å². The molecule has 45 heavy (non-hydrogen) atoms. The van der Waals surface area contributed by atoms with Crippen LogP contribution in [0.2, 0.25) is 0 Å². The number of ether oxygens (including phenoxy) is 1. The first-order chi connectivity index (χ1) is 21.2. The van der Waals surface area contributed by atoms with Gasteiger partial charge in [0.15, 0.2) is 11.4 Å². The summed E-state index contributed by atoms with van der Waals surface area (Å²) in [4.78, 5) is 29.3. The van der Waals surface area contributed by atoms with Crippen molar-refractivity contribution in [3.05, 3.63) is 70.4 Å². The van der Waals surface area contributed by atoms with Crippen molar-refractivity contribution in [3.63, 3.8) is 0 Å². The quantitative estimate of drug-likeness (QED) is 0.134. The molecule has 244 valence electrons. The van der Waals surface area contributed by atoms with Crippen LogP contribution in [0.25, 0.3) is 9.69 Å². The van der Waals surface area contributed by atoms with E-state index >= 15 is 0 Å². The van der Waals surface area contributed by atoms with Crippen LogP contribution in [0.4, 0.5) is 22.7 Å². The molecule has 0 aliphatic heterocycles. The summed E-state index contributed by atoms with van der Waals surface area (Å²) in [6.45, 7) is 16.5. The highest BCUT2D eigenvalue weighted by molar-refractivity contribution is 5.71. The molecular formula is C35H50N6O4. The lowest BCUT2D eigenvalue weighted by molar-refractivity contribution is -0.143. The van der Waals surface area contributed by atoms with Crippen LogP contribution >= 0.6 is 0 Å². The predicted octanol–water partition coefficient (Wildman–Crippen LogP) is 6.99. The largest absolute Gasteiger partial charge is 0.481 e. The van der Waals surface area contributed by atoms with Gasteiger partial charge in [0.05, 0.1) is 19.8 Å². The summed E-state index contributed by atoms with van der Waals surface area (Å²) in [5, 5.41) is 15.9. The minimum Gasteiger partial charge on any atom is -0.481 e. The molecule has 0 amide bonds. The summed E-state index contributed by atoms with van der Waals surface area (Å²) < 4.78 is 4.99. The first-order valence-corrected chi connectivity index (χ1v) is 15.6. The normalized spacial score (nSPS) is 20.6. The Labute approximate surface area is 268 Å². The van der Waals surface area contributed by atoms with Crippen LogP contribution in [0.1, 0.15) is 89.7 Å². The molecule has 0 radical (unpaired) electrons. The number of carbonyl (C=O) groups is 2. The zero-order valence-corrected chi connectivity index (χ0v) is 25.7. The molecule has 10 heteroatoms. The molecular weight excluding hydrogens is 568 g/mol. The number of aryl methyl sites for hydroxylation is 2. The minimum atomic E-state index is -0.807. The van der Waals surface area contributed by atoms with Crippen molar-refractivity contribution < 1.29 is 19.4 Å². The Kier molecular flexibility index (Phi) is 15.9. The predicted molar refractivity (Wildman–Crippen MR) is 181 cm³/mol. The molecule has 0 aromatic heterocycles. The molecule has 2 fully saturated rings. The zero-order valence-electron chi connectivity index (χ0n) is 25.7. The molecule has 2 saturated carbocycles. The van der Waals surface area contributed by atoms with E-state index in [4.69, 9.17) is 34.5 Å². The van der Waals surface area contributed by atoms with Gasteiger partial charge in [-0.2, -0.15) is 0 Å². The fourth-order valence-electron chi connectivity index (χ4n) is 5.65. The number of nitrogens with zero attached hydrogens (tertiary/aromatic N) is 2. The first-order valence-electron chi connectivity index (χ1n) is 15.6. The van der Waals surface area contributed by atoms with Gasteiger partial charge < -0.3 is 31.9 Å². The standard InChI is InChI=1S/C18H25N3O2.C16H21N3O2.CH4/c1-3-23-18(22)11-5-13-4-8-16(20-2)12-17(13)21-15-9-6-14(19)7-10-15;1-18-14-6-2-11(3-9-16(20)21)15(10-14)19-13-7-4-12(17)5-8-13;/h4,8,12,14-15,21H,3,5-7,9-11,19H2,1H3;2,6,10,12-13,19H,3-5,7-9,17H2,(H,20,21);1H4. The Balaban J connectivity index is 0.000000308. The summed E-state index contributed by atoms with van der Waals surface area (Å²) in [6.07, 6.45) is 9.72. The van der Waals surface area contributed by atoms with Gasteiger partial charge in [-0.3, -0.25) is 9.59 Å². The van der Waals surface area contributed by atoms with Crippen LogP contribution < -0.4 is 22.1 Å². The molecule has 0 heterocycles. The molecule has 0 bridgehead atoms. The molecule has 0 spiro atoms. The van der Waals surface area contributed by atoms with Crippen LogP contribution in [0.3, 0.4) is 0 Å². The highest BCUT2D eigenvalue weighted by Gasteiger charge is 2.20. The Morgan fingerprint density at radius 2 is 1.22 bits per heavy atom. The third kappa shape index (κ3) is 12.8. The van der Waals surface area contributed by atoms with Crippen LogP contribution in [0, 0.1) is 13.1 Å². The van der Waals surface area contributed by atoms with Gasteiger partial charge >= 0.3 is 11.9 Å². The van der Waals surface area contributed by atoms with E-state index < -0.39 is 5.97 Å². The van der Waals surface area contributed by atoms with Gasteiger partial charge in [0, 0.05) is 48.4 Å². The molecule has 2 aromatic rings. The second kappa shape index (κ2) is 19.3. The van der Waals surface area contributed by atoms with E-state index in [2.05, 4.69) is 20.3 Å². The van der Waals surface area contributed by atoms with Crippen molar-refractivity contribution in [2.45, 2.75) is 116 Å². The maximum atomic E-state index is 11.6. The lowest BCUT2D eigenvalue weighted by Crippen LogP contribution is -2.33. The maximum absolute atomic E-state index is 11.6. The lowest BCUT2D eigenvalue weighted by atomic mass is 9.91. The van der Waals surface area contributed by atoms with E-state index in [-0.39, 0.29) is 19.8 Å². The second-order valence-electron chi connectivity index (χ2n) is 11.6. The number of rotatable bonds is 11. The van der Waals surface area contributed by atoms with E-state index in [9.17, 15) is 9.59 Å². The van der Waals surface area contributed by atoms with Crippen molar-refractivity contribution in [2.24, 2.45) is 11.5 Å².